The summed E-state index contributed by atoms with van der Waals surface area (Å²) in [4.78, 5) is 5.59. The van der Waals surface area contributed by atoms with Gasteiger partial charge in [-0.2, -0.15) is 0 Å². The summed E-state index contributed by atoms with van der Waals surface area (Å²) in [6.07, 6.45) is 0.419. The van der Waals surface area contributed by atoms with Crippen LogP contribution in [0, 0.1) is 20.8 Å². The van der Waals surface area contributed by atoms with E-state index >= 15 is 0 Å². The van der Waals surface area contributed by atoms with Gasteiger partial charge in [0.15, 0.2) is 6.10 Å². The third-order valence-electron chi connectivity index (χ3n) is 4.00. The van der Waals surface area contributed by atoms with Gasteiger partial charge in [0, 0.05) is 17.5 Å². The van der Waals surface area contributed by atoms with E-state index in [4.69, 9.17) is 4.84 Å². The maximum absolute atomic E-state index is 10.2. The van der Waals surface area contributed by atoms with Gasteiger partial charge < -0.3 is 9.94 Å². The summed E-state index contributed by atoms with van der Waals surface area (Å²) < 4.78 is 0.671. The van der Waals surface area contributed by atoms with Crippen molar-refractivity contribution in [2.45, 2.75) is 33.3 Å². The first-order valence-corrected chi connectivity index (χ1v) is 8.05. The lowest BCUT2D eigenvalue weighted by Gasteiger charge is -2.12. The van der Waals surface area contributed by atoms with E-state index in [0.717, 1.165) is 16.8 Å². The largest absolute Gasteiger partial charge is 0.506 e. The summed E-state index contributed by atoms with van der Waals surface area (Å²) >= 11 is 3.34. The number of oxime groups is 1. The van der Waals surface area contributed by atoms with Gasteiger partial charge in [0.2, 0.25) is 0 Å². The summed E-state index contributed by atoms with van der Waals surface area (Å²) in [6, 6.07) is 9.90. The number of halogens is 1. The minimum atomic E-state index is -0.243. The molecule has 0 fully saturated rings. The highest BCUT2D eigenvalue weighted by Crippen LogP contribution is 2.38. The van der Waals surface area contributed by atoms with Gasteiger partial charge in [0.25, 0.3) is 0 Å². The molecule has 0 amide bonds. The van der Waals surface area contributed by atoms with Gasteiger partial charge in [-0.1, -0.05) is 35.0 Å². The minimum absolute atomic E-state index is 0.223. The Bertz CT molecular complexity index is 745. The van der Waals surface area contributed by atoms with Crippen molar-refractivity contribution < 1.29 is 9.94 Å². The zero-order valence-electron chi connectivity index (χ0n) is 12.9. The zero-order chi connectivity index (χ0) is 15.9. The molecule has 22 heavy (non-hydrogen) atoms. The van der Waals surface area contributed by atoms with Crippen LogP contribution in [-0.4, -0.2) is 10.8 Å². The summed E-state index contributed by atoms with van der Waals surface area (Å²) in [6.45, 7) is 6.29. The molecule has 0 spiro atoms. The average Bonchev–Trinajstić information content (AvgIpc) is 2.90. The number of hydrogen-bond acceptors (Lipinski definition) is 3. The topological polar surface area (TPSA) is 41.8 Å². The molecule has 2 aromatic rings. The molecule has 0 bridgehead atoms. The van der Waals surface area contributed by atoms with Crippen LogP contribution in [0.2, 0.25) is 0 Å². The fraction of sp³-hybridized carbons (Fsp3) is 0.278. The fourth-order valence-electron chi connectivity index (χ4n) is 3.12. The van der Waals surface area contributed by atoms with E-state index in [0.29, 0.717) is 10.9 Å². The monoisotopic (exact) mass is 359 g/mol. The van der Waals surface area contributed by atoms with Gasteiger partial charge >= 0.3 is 0 Å². The SMILES string of the molecule is Cc1cc(C)c(C2=NO[C@H](c3cccc(Br)c3O)C2)c(C)c1. The van der Waals surface area contributed by atoms with Gasteiger partial charge in [-0.3, -0.25) is 0 Å². The third kappa shape index (κ3) is 2.63. The lowest BCUT2D eigenvalue weighted by Crippen LogP contribution is -2.06. The molecule has 0 aliphatic carbocycles. The first kappa shape index (κ1) is 15.1. The van der Waals surface area contributed by atoms with Crippen molar-refractivity contribution in [1.29, 1.82) is 0 Å². The molecule has 0 saturated heterocycles. The molecular formula is C18H18BrNO2. The first-order valence-electron chi connectivity index (χ1n) is 7.25. The van der Waals surface area contributed by atoms with Crippen LogP contribution in [-0.2, 0) is 4.84 Å². The van der Waals surface area contributed by atoms with Crippen LogP contribution < -0.4 is 0 Å². The quantitative estimate of drug-likeness (QED) is 0.824. The zero-order valence-corrected chi connectivity index (χ0v) is 14.4. The van der Waals surface area contributed by atoms with Crippen molar-refractivity contribution in [3.05, 3.63) is 62.6 Å². The molecule has 114 valence electrons. The Hall–Kier alpha value is -1.81. The Morgan fingerprint density at radius 2 is 1.86 bits per heavy atom. The molecule has 1 atom stereocenters. The maximum Gasteiger partial charge on any atom is 0.161 e. The second-order valence-corrected chi connectivity index (χ2v) is 6.64. The molecular weight excluding hydrogens is 342 g/mol. The molecule has 1 N–H and O–H groups in total. The Morgan fingerprint density at radius 3 is 2.55 bits per heavy atom. The highest BCUT2D eigenvalue weighted by Gasteiger charge is 2.28. The van der Waals surface area contributed by atoms with Crippen LogP contribution in [0.1, 0.15) is 40.3 Å². The maximum atomic E-state index is 10.2. The molecule has 0 saturated carbocycles. The average molecular weight is 360 g/mol. The number of benzene rings is 2. The van der Waals surface area contributed by atoms with E-state index < -0.39 is 0 Å². The normalized spacial score (nSPS) is 17.3. The van der Waals surface area contributed by atoms with E-state index in [1.54, 1.807) is 0 Å². The molecule has 0 unspecified atom stereocenters. The molecule has 3 rings (SSSR count). The number of rotatable bonds is 2. The van der Waals surface area contributed by atoms with Gasteiger partial charge in [0.1, 0.15) is 5.75 Å². The predicted octanol–water partition coefficient (Wildman–Crippen LogP) is 4.95. The predicted molar refractivity (Wildman–Crippen MR) is 91.4 cm³/mol. The van der Waals surface area contributed by atoms with Crippen molar-refractivity contribution in [1.82, 2.24) is 0 Å². The van der Waals surface area contributed by atoms with Gasteiger partial charge in [-0.15, -0.1) is 0 Å². The van der Waals surface area contributed by atoms with Gasteiger partial charge in [-0.25, -0.2) is 0 Å². The second kappa shape index (κ2) is 5.76. The number of phenols is 1. The highest BCUT2D eigenvalue weighted by atomic mass is 79.9. The molecule has 1 heterocycles. The van der Waals surface area contributed by atoms with E-state index in [-0.39, 0.29) is 11.9 Å². The summed E-state index contributed by atoms with van der Waals surface area (Å²) in [7, 11) is 0. The van der Waals surface area contributed by atoms with Crippen LogP contribution >= 0.6 is 15.9 Å². The Morgan fingerprint density at radius 1 is 1.18 bits per heavy atom. The van der Waals surface area contributed by atoms with Crippen LogP contribution in [0.5, 0.6) is 5.75 Å². The molecule has 4 heteroatoms. The van der Waals surface area contributed by atoms with Gasteiger partial charge in [0.05, 0.1) is 10.2 Å². The standard InChI is InChI=1S/C18H18BrNO2/c1-10-7-11(2)17(12(3)8-10)15-9-16(22-20-15)13-5-4-6-14(19)18(13)21/h4-8,16,21H,9H2,1-3H3/t16-/m0/s1. The van der Waals surface area contributed by atoms with Crippen LogP contribution in [0.15, 0.2) is 40.0 Å². The molecule has 2 aromatic carbocycles. The van der Waals surface area contributed by atoms with Crippen LogP contribution in [0.25, 0.3) is 0 Å². The van der Waals surface area contributed by atoms with Crippen LogP contribution in [0.4, 0.5) is 0 Å². The van der Waals surface area contributed by atoms with Gasteiger partial charge in [-0.05, 0) is 53.9 Å². The second-order valence-electron chi connectivity index (χ2n) is 5.79. The van der Waals surface area contributed by atoms with E-state index in [9.17, 15) is 5.11 Å². The number of hydrogen-bond donors (Lipinski definition) is 1. The number of para-hydroxylation sites is 1. The molecule has 0 aromatic heterocycles. The summed E-state index contributed by atoms with van der Waals surface area (Å²) in [5.74, 6) is 0.223. The first-order chi connectivity index (χ1) is 10.5. The third-order valence-corrected chi connectivity index (χ3v) is 4.64. The Kier molecular flexibility index (Phi) is 3.96. The van der Waals surface area contributed by atoms with Crippen molar-refractivity contribution in [2.75, 3.05) is 0 Å². The fourth-order valence-corrected chi connectivity index (χ4v) is 3.50. The summed E-state index contributed by atoms with van der Waals surface area (Å²) in [5.41, 5.74) is 6.52. The molecule has 3 nitrogen and oxygen atoms in total. The molecule has 1 aliphatic rings. The Balaban J connectivity index is 1.91. The lowest BCUT2D eigenvalue weighted by atomic mass is 9.92. The number of nitrogens with zero attached hydrogens (tertiary/aromatic N) is 1. The van der Waals surface area contributed by atoms with E-state index in [2.05, 4.69) is 54.0 Å². The number of aryl methyl sites for hydroxylation is 3. The number of aromatic hydroxyl groups is 1. The van der Waals surface area contributed by atoms with Crippen molar-refractivity contribution in [2.24, 2.45) is 5.16 Å². The van der Waals surface area contributed by atoms with Crippen molar-refractivity contribution in [3.63, 3.8) is 0 Å². The smallest absolute Gasteiger partial charge is 0.161 e. The lowest BCUT2D eigenvalue weighted by molar-refractivity contribution is 0.0837. The minimum Gasteiger partial charge on any atom is -0.506 e. The van der Waals surface area contributed by atoms with Crippen LogP contribution in [0.3, 0.4) is 0 Å². The Labute approximate surface area is 138 Å². The molecule has 0 radical (unpaired) electrons. The van der Waals surface area contributed by atoms with E-state index in [1.165, 1.54) is 16.7 Å². The van der Waals surface area contributed by atoms with Crippen molar-refractivity contribution >= 4 is 21.6 Å². The highest BCUT2D eigenvalue weighted by molar-refractivity contribution is 9.10. The number of phenolic OH excluding ortho intramolecular Hbond substituents is 1. The summed E-state index contributed by atoms with van der Waals surface area (Å²) in [5, 5.41) is 14.5. The van der Waals surface area contributed by atoms with Crippen molar-refractivity contribution in [3.8, 4) is 5.75 Å². The van der Waals surface area contributed by atoms with E-state index in [1.807, 2.05) is 18.2 Å². The molecule has 1 aliphatic heterocycles.